The highest BCUT2D eigenvalue weighted by Gasteiger charge is 2.33. The second-order valence-corrected chi connectivity index (χ2v) is 9.67. The third-order valence-electron chi connectivity index (χ3n) is 4.91. The van der Waals surface area contributed by atoms with Crippen molar-refractivity contribution < 1.29 is 17.6 Å². The molecule has 4 rings (SSSR count). The zero-order valence-corrected chi connectivity index (χ0v) is 17.3. The van der Waals surface area contributed by atoms with Gasteiger partial charge in [-0.3, -0.25) is 0 Å². The molecule has 3 aromatic rings. The summed E-state index contributed by atoms with van der Waals surface area (Å²) in [5.41, 5.74) is 0.883. The Labute approximate surface area is 168 Å². The van der Waals surface area contributed by atoms with Crippen molar-refractivity contribution in [2.75, 3.05) is 20.2 Å². The molecular formula is C19H21N3O4S2. The number of sulfonamides is 1. The first-order chi connectivity index (χ1) is 13.5. The second kappa shape index (κ2) is 7.65. The summed E-state index contributed by atoms with van der Waals surface area (Å²) in [7, 11) is -2.11. The first-order valence-corrected chi connectivity index (χ1v) is 11.3. The SMILES string of the molecule is COc1ccc(C)cc1S(=O)(=O)N1CCC(c2nnc(-c3ccco3)s2)CC1. The maximum absolute atomic E-state index is 13.1. The number of aromatic nitrogens is 2. The number of hydrogen-bond acceptors (Lipinski definition) is 7. The minimum absolute atomic E-state index is 0.201. The molecule has 1 aliphatic rings. The maximum atomic E-state index is 13.1. The summed E-state index contributed by atoms with van der Waals surface area (Å²) < 4.78 is 38.4. The van der Waals surface area contributed by atoms with Gasteiger partial charge in [0.15, 0.2) is 10.8 Å². The molecule has 0 radical (unpaired) electrons. The Morgan fingerprint density at radius 1 is 1.21 bits per heavy atom. The number of benzene rings is 1. The van der Waals surface area contributed by atoms with Gasteiger partial charge in [0.2, 0.25) is 10.0 Å². The van der Waals surface area contributed by atoms with Crippen molar-refractivity contribution >= 4 is 21.4 Å². The molecule has 148 valence electrons. The normalized spacial score (nSPS) is 16.4. The summed E-state index contributed by atoms with van der Waals surface area (Å²) in [6.45, 7) is 2.76. The van der Waals surface area contributed by atoms with Crippen molar-refractivity contribution in [2.45, 2.75) is 30.6 Å². The van der Waals surface area contributed by atoms with E-state index >= 15 is 0 Å². The molecule has 3 heterocycles. The van der Waals surface area contributed by atoms with E-state index in [-0.39, 0.29) is 10.8 Å². The zero-order valence-electron chi connectivity index (χ0n) is 15.7. The molecule has 1 aliphatic heterocycles. The topological polar surface area (TPSA) is 85.5 Å². The van der Waals surface area contributed by atoms with Gasteiger partial charge in [0.1, 0.15) is 15.7 Å². The molecule has 0 aliphatic carbocycles. The first-order valence-electron chi connectivity index (χ1n) is 9.01. The number of aryl methyl sites for hydroxylation is 1. The van der Waals surface area contributed by atoms with E-state index in [1.54, 1.807) is 18.4 Å². The number of nitrogens with zero attached hydrogens (tertiary/aromatic N) is 3. The molecule has 1 aromatic carbocycles. The van der Waals surface area contributed by atoms with Crippen LogP contribution < -0.4 is 4.74 Å². The van der Waals surface area contributed by atoms with Gasteiger partial charge in [0.25, 0.3) is 0 Å². The van der Waals surface area contributed by atoms with Gasteiger partial charge < -0.3 is 9.15 Å². The van der Waals surface area contributed by atoms with Gasteiger partial charge in [0.05, 0.1) is 13.4 Å². The Bertz CT molecular complexity index is 1050. The van der Waals surface area contributed by atoms with Crippen LogP contribution >= 0.6 is 11.3 Å². The summed E-state index contributed by atoms with van der Waals surface area (Å²) >= 11 is 1.51. The van der Waals surface area contributed by atoms with Crippen LogP contribution in [0, 0.1) is 6.92 Å². The smallest absolute Gasteiger partial charge is 0.246 e. The van der Waals surface area contributed by atoms with E-state index in [2.05, 4.69) is 10.2 Å². The van der Waals surface area contributed by atoms with Gasteiger partial charge >= 0.3 is 0 Å². The van der Waals surface area contributed by atoms with Crippen molar-refractivity contribution in [3.05, 3.63) is 47.2 Å². The fourth-order valence-electron chi connectivity index (χ4n) is 3.37. The van der Waals surface area contributed by atoms with Crippen LogP contribution in [-0.4, -0.2) is 43.1 Å². The molecule has 0 amide bonds. The van der Waals surface area contributed by atoms with Gasteiger partial charge in [0, 0.05) is 19.0 Å². The monoisotopic (exact) mass is 419 g/mol. The Morgan fingerprint density at radius 2 is 2.00 bits per heavy atom. The van der Waals surface area contributed by atoms with Gasteiger partial charge in [-0.2, -0.15) is 4.31 Å². The third-order valence-corrected chi connectivity index (χ3v) is 7.93. The first kappa shape index (κ1) is 19.1. The summed E-state index contributed by atoms with van der Waals surface area (Å²) in [5, 5.41) is 10.2. The van der Waals surface area contributed by atoms with E-state index in [0.717, 1.165) is 15.6 Å². The lowest BCUT2D eigenvalue weighted by Crippen LogP contribution is -2.38. The summed E-state index contributed by atoms with van der Waals surface area (Å²) in [6, 6.07) is 8.89. The van der Waals surface area contributed by atoms with Gasteiger partial charge in [-0.25, -0.2) is 8.42 Å². The molecule has 2 aromatic heterocycles. The highest BCUT2D eigenvalue weighted by molar-refractivity contribution is 7.89. The largest absolute Gasteiger partial charge is 0.495 e. The zero-order chi connectivity index (χ0) is 19.7. The number of rotatable bonds is 5. The minimum Gasteiger partial charge on any atom is -0.495 e. The second-order valence-electron chi connectivity index (χ2n) is 6.76. The van der Waals surface area contributed by atoms with E-state index in [4.69, 9.17) is 9.15 Å². The van der Waals surface area contributed by atoms with Gasteiger partial charge in [-0.05, 0) is 49.6 Å². The Morgan fingerprint density at radius 3 is 2.68 bits per heavy atom. The van der Waals surface area contributed by atoms with Crippen LogP contribution in [0.4, 0.5) is 0 Å². The average Bonchev–Trinajstić information content (AvgIpc) is 3.40. The molecule has 9 heteroatoms. The van der Waals surface area contributed by atoms with Crippen LogP contribution in [0.1, 0.15) is 29.3 Å². The van der Waals surface area contributed by atoms with E-state index < -0.39 is 10.0 Å². The Hall–Kier alpha value is -2.23. The summed E-state index contributed by atoms with van der Waals surface area (Å²) in [4.78, 5) is 0.226. The van der Waals surface area contributed by atoms with Crippen molar-refractivity contribution in [2.24, 2.45) is 0 Å². The number of furan rings is 1. The molecule has 1 saturated heterocycles. The van der Waals surface area contributed by atoms with E-state index in [0.29, 0.717) is 37.4 Å². The number of hydrogen-bond donors (Lipinski definition) is 0. The van der Waals surface area contributed by atoms with Gasteiger partial charge in [-0.15, -0.1) is 10.2 Å². The molecule has 0 saturated carbocycles. The van der Waals surface area contributed by atoms with Crippen LogP contribution in [0.3, 0.4) is 0 Å². The molecule has 1 fully saturated rings. The highest BCUT2D eigenvalue weighted by atomic mass is 32.2. The van der Waals surface area contributed by atoms with Crippen LogP contribution in [0.15, 0.2) is 45.9 Å². The predicted molar refractivity (Wildman–Crippen MR) is 106 cm³/mol. The summed E-state index contributed by atoms with van der Waals surface area (Å²) in [6.07, 6.45) is 3.03. The lowest BCUT2D eigenvalue weighted by molar-refractivity contribution is 0.316. The lowest BCUT2D eigenvalue weighted by atomic mass is 9.99. The molecule has 0 atom stereocenters. The standard InChI is InChI=1S/C19H21N3O4S2/c1-13-5-6-15(25-2)17(12-13)28(23,24)22-9-7-14(8-10-22)18-20-21-19(27-18)16-4-3-11-26-16/h3-6,11-12,14H,7-10H2,1-2H3. The van der Waals surface area contributed by atoms with Crippen molar-refractivity contribution in [3.63, 3.8) is 0 Å². The highest BCUT2D eigenvalue weighted by Crippen LogP contribution is 2.36. The summed E-state index contributed by atoms with van der Waals surface area (Å²) in [5.74, 6) is 1.28. The number of methoxy groups -OCH3 is 1. The minimum atomic E-state index is -3.60. The predicted octanol–water partition coefficient (Wildman–Crippen LogP) is 3.68. The quantitative estimate of drug-likeness (QED) is 0.627. The van der Waals surface area contributed by atoms with Crippen LogP contribution in [0.25, 0.3) is 10.8 Å². The van der Waals surface area contributed by atoms with Gasteiger partial charge in [-0.1, -0.05) is 17.4 Å². The molecule has 28 heavy (non-hydrogen) atoms. The van der Waals surface area contributed by atoms with E-state index in [1.165, 1.54) is 22.8 Å². The van der Waals surface area contributed by atoms with Crippen molar-refractivity contribution in [1.29, 1.82) is 0 Å². The lowest BCUT2D eigenvalue weighted by Gasteiger charge is -2.30. The maximum Gasteiger partial charge on any atom is 0.246 e. The molecule has 0 N–H and O–H groups in total. The van der Waals surface area contributed by atoms with Crippen LogP contribution in [0.2, 0.25) is 0 Å². The Kier molecular flexibility index (Phi) is 5.22. The number of piperidine rings is 1. The fourth-order valence-corrected chi connectivity index (χ4v) is 6.06. The van der Waals surface area contributed by atoms with Crippen molar-refractivity contribution in [3.8, 4) is 16.5 Å². The Balaban J connectivity index is 1.49. The average molecular weight is 420 g/mol. The van der Waals surface area contributed by atoms with E-state index in [9.17, 15) is 8.42 Å². The third kappa shape index (κ3) is 3.57. The van der Waals surface area contributed by atoms with E-state index in [1.807, 2.05) is 25.1 Å². The fraction of sp³-hybridized carbons (Fsp3) is 0.368. The van der Waals surface area contributed by atoms with Crippen LogP contribution in [-0.2, 0) is 10.0 Å². The molecule has 0 spiro atoms. The van der Waals surface area contributed by atoms with Crippen LogP contribution in [0.5, 0.6) is 5.75 Å². The molecular weight excluding hydrogens is 398 g/mol. The molecule has 0 bridgehead atoms. The van der Waals surface area contributed by atoms with Crippen molar-refractivity contribution in [1.82, 2.24) is 14.5 Å². The molecule has 7 nitrogen and oxygen atoms in total. The number of ether oxygens (including phenoxy) is 1. The molecule has 0 unspecified atom stereocenters.